The van der Waals surface area contributed by atoms with Crippen molar-refractivity contribution in [2.45, 2.75) is 34.6 Å². The second-order valence-electron chi connectivity index (χ2n) is 3.14. The van der Waals surface area contributed by atoms with E-state index in [4.69, 9.17) is 0 Å². The first-order chi connectivity index (χ1) is 6.54. The van der Waals surface area contributed by atoms with Crippen LogP contribution in [0, 0.1) is 19.8 Å². The van der Waals surface area contributed by atoms with E-state index in [1.807, 2.05) is 19.9 Å². The molecule has 0 fully saturated rings. The molecule has 2 heteroatoms. The van der Waals surface area contributed by atoms with Gasteiger partial charge in [-0.2, -0.15) is 20.8 Å². The van der Waals surface area contributed by atoms with Crippen molar-refractivity contribution in [1.82, 2.24) is 4.98 Å². The molecule has 0 aromatic carbocycles. The summed E-state index contributed by atoms with van der Waals surface area (Å²) in [6, 6.07) is 1.84. The maximum absolute atomic E-state index is 3.84. The summed E-state index contributed by atoms with van der Waals surface area (Å²) in [5.74, 6) is 1.42. The first kappa shape index (κ1) is 20.0. The van der Waals surface area contributed by atoms with Gasteiger partial charge in [0, 0.05) is 18.6 Å². The number of nitrogens with zero attached hydrogens (tertiary/aromatic N) is 1. The molecule has 87 valence electrons. The van der Waals surface area contributed by atoms with Gasteiger partial charge in [-0.25, -0.2) is 6.07 Å². The van der Waals surface area contributed by atoms with Crippen molar-refractivity contribution >= 4 is 0 Å². The molecule has 0 unspecified atom stereocenters. The molecule has 0 aliphatic heterocycles. The molecule has 1 aromatic rings. The second kappa shape index (κ2) is 13.5. The third kappa shape index (κ3) is 16.2. The van der Waals surface area contributed by atoms with Crippen LogP contribution >= 0.6 is 0 Å². The first-order valence-electron chi connectivity index (χ1n) is 4.88. The van der Waals surface area contributed by atoms with Gasteiger partial charge < -0.3 is 10.9 Å². The third-order valence-electron chi connectivity index (χ3n) is 1.00. The molecule has 0 atom stereocenters. The molecule has 0 bridgehead atoms. The Morgan fingerprint density at radius 2 is 1.47 bits per heavy atom. The second-order valence-corrected chi connectivity index (χ2v) is 3.14. The molecule has 0 aliphatic rings. The molecule has 15 heavy (non-hydrogen) atoms. The molecule has 0 spiro atoms. The average Bonchev–Trinajstić information content (AvgIpc) is 2.13. The quantitative estimate of drug-likeness (QED) is 0.625. The third-order valence-corrected chi connectivity index (χ3v) is 1.00. The van der Waals surface area contributed by atoms with E-state index in [2.05, 4.69) is 39.6 Å². The van der Waals surface area contributed by atoms with Crippen LogP contribution in [0.2, 0.25) is 0 Å². The van der Waals surface area contributed by atoms with Gasteiger partial charge in [0.1, 0.15) is 0 Å². The van der Waals surface area contributed by atoms with Crippen LogP contribution in [0.25, 0.3) is 0 Å². The minimum atomic E-state index is 0. The Morgan fingerprint density at radius 3 is 1.67 bits per heavy atom. The number of aromatic nitrogens is 1. The van der Waals surface area contributed by atoms with Crippen LogP contribution in [-0.4, -0.2) is 4.98 Å². The molecular weight excluding hydrogens is 221 g/mol. The summed E-state index contributed by atoms with van der Waals surface area (Å²) in [5, 5.41) is 0. The molecule has 1 nitrogen and oxygen atoms in total. The van der Waals surface area contributed by atoms with Crippen molar-refractivity contribution in [1.29, 1.82) is 0 Å². The first-order valence-corrected chi connectivity index (χ1v) is 4.88. The number of hydrogen-bond acceptors (Lipinski definition) is 1. The predicted molar refractivity (Wildman–Crippen MR) is 64.8 cm³/mol. The zero-order valence-corrected chi connectivity index (χ0v) is 11.9. The monoisotopic (exact) mass is 243 g/mol. The molecule has 1 heterocycles. The molecule has 0 aliphatic carbocycles. The molecule has 0 saturated heterocycles. The number of hydrogen-bond donors (Lipinski definition) is 0. The van der Waals surface area contributed by atoms with E-state index in [1.54, 1.807) is 12.4 Å². The Balaban J connectivity index is -0.000000179. The van der Waals surface area contributed by atoms with E-state index < -0.39 is 0 Å². The average molecular weight is 243 g/mol. The maximum atomic E-state index is 3.84. The van der Waals surface area contributed by atoms with Gasteiger partial charge in [-0.05, 0) is 0 Å². The summed E-state index contributed by atoms with van der Waals surface area (Å²) >= 11 is 0. The van der Waals surface area contributed by atoms with E-state index >= 15 is 0 Å². The van der Waals surface area contributed by atoms with Crippen molar-refractivity contribution in [3.05, 3.63) is 49.4 Å². The summed E-state index contributed by atoms with van der Waals surface area (Å²) in [5.41, 5.74) is 1.84. The van der Waals surface area contributed by atoms with Crippen LogP contribution in [0.1, 0.15) is 45.7 Å². The van der Waals surface area contributed by atoms with E-state index in [0.29, 0.717) is 0 Å². The minimum absolute atomic E-state index is 0. The Kier molecular flexibility index (Phi) is 17.9. The van der Waals surface area contributed by atoms with Gasteiger partial charge >= 0.3 is 0 Å². The predicted octanol–water partition coefficient (Wildman–Crippen LogP) is 4.09. The van der Waals surface area contributed by atoms with Gasteiger partial charge in [0.2, 0.25) is 0 Å². The molecular formula is C13H22NV-3. The van der Waals surface area contributed by atoms with Gasteiger partial charge in [-0.1, -0.05) is 20.0 Å². The van der Waals surface area contributed by atoms with Crippen molar-refractivity contribution in [2.75, 3.05) is 0 Å². The molecule has 0 N–H and O–H groups in total. The van der Waals surface area contributed by atoms with Crippen LogP contribution in [0.15, 0.2) is 18.5 Å². The number of rotatable bonds is 0. The standard InChI is InChI=1S/C7H7N.C4H9.C2H6.V/c1-6-3-4-8-5-7(6)2;1-4(2)3;1-2;/h3-5H,1-2H2;1-3H3;1-2H3;/q-2;-1;;. The molecule has 1 aromatic heterocycles. The van der Waals surface area contributed by atoms with Crippen molar-refractivity contribution < 1.29 is 18.6 Å². The maximum Gasteiger partial charge on any atom is 0 e. The summed E-state index contributed by atoms with van der Waals surface area (Å²) in [7, 11) is 0. The van der Waals surface area contributed by atoms with Crippen LogP contribution in [0.5, 0.6) is 0 Å². The van der Waals surface area contributed by atoms with E-state index in [0.717, 1.165) is 11.1 Å². The van der Waals surface area contributed by atoms with Gasteiger partial charge in [0.25, 0.3) is 0 Å². The van der Waals surface area contributed by atoms with Gasteiger partial charge in [0.15, 0.2) is 0 Å². The molecule has 1 rings (SSSR count). The summed E-state index contributed by atoms with van der Waals surface area (Å²) in [4.78, 5) is 3.84. The van der Waals surface area contributed by atoms with Crippen LogP contribution in [0.3, 0.4) is 0 Å². The summed E-state index contributed by atoms with van der Waals surface area (Å²) in [6.07, 6.45) is 3.40. The molecule has 0 saturated carbocycles. The Bertz CT molecular complexity index is 198. The van der Waals surface area contributed by atoms with Gasteiger partial charge in [-0.15, -0.1) is 6.20 Å². The van der Waals surface area contributed by atoms with Crippen molar-refractivity contribution in [2.24, 2.45) is 0 Å². The smallest absolute Gasteiger partial charge is 0 e. The Labute approximate surface area is 108 Å². The van der Waals surface area contributed by atoms with Gasteiger partial charge in [0.05, 0.1) is 0 Å². The van der Waals surface area contributed by atoms with E-state index in [1.165, 1.54) is 5.92 Å². The fraction of sp³-hybridized carbons (Fsp3) is 0.385. The van der Waals surface area contributed by atoms with Crippen LogP contribution in [0.4, 0.5) is 0 Å². The number of pyridine rings is 1. The van der Waals surface area contributed by atoms with Crippen molar-refractivity contribution in [3.63, 3.8) is 0 Å². The largest absolute Gasteiger partial charge is 0.355 e. The fourth-order valence-corrected chi connectivity index (χ4v) is 0.456. The fourth-order valence-electron chi connectivity index (χ4n) is 0.456. The summed E-state index contributed by atoms with van der Waals surface area (Å²) < 4.78 is 0. The van der Waals surface area contributed by atoms with E-state index in [-0.39, 0.29) is 18.6 Å². The zero-order chi connectivity index (χ0) is 11.6. The normalized spacial score (nSPS) is 7.60. The van der Waals surface area contributed by atoms with Crippen LogP contribution < -0.4 is 0 Å². The summed E-state index contributed by atoms with van der Waals surface area (Å²) in [6.45, 7) is 17.7. The van der Waals surface area contributed by atoms with Crippen molar-refractivity contribution in [3.8, 4) is 0 Å². The SMILES string of the molecule is CC.C[C-](C)C.[CH2-]c1ccncc1[CH2-].[V]. The topological polar surface area (TPSA) is 12.9 Å². The Morgan fingerprint density at radius 1 is 1.07 bits per heavy atom. The molecule has 0 amide bonds. The molecule has 1 radical (unpaired) electrons. The zero-order valence-electron chi connectivity index (χ0n) is 10.5. The minimum Gasteiger partial charge on any atom is -0.355 e. The van der Waals surface area contributed by atoms with E-state index in [9.17, 15) is 0 Å². The van der Waals surface area contributed by atoms with Gasteiger partial charge in [-0.3, -0.25) is 25.0 Å². The Hall–Kier alpha value is -0.526. The van der Waals surface area contributed by atoms with Crippen LogP contribution in [-0.2, 0) is 18.6 Å².